The van der Waals surface area contributed by atoms with Crippen molar-refractivity contribution in [3.05, 3.63) is 0 Å². The van der Waals surface area contributed by atoms with Gasteiger partial charge in [-0.15, -0.1) is 0 Å². The van der Waals surface area contributed by atoms with Crippen LogP contribution in [0, 0.1) is 11.3 Å². The van der Waals surface area contributed by atoms with Crippen molar-refractivity contribution in [1.82, 2.24) is 9.44 Å². The molecule has 0 saturated heterocycles. The van der Waals surface area contributed by atoms with E-state index >= 15 is 0 Å². The molecule has 0 spiro atoms. The molecule has 2 N–H and O–H groups in total. The van der Waals surface area contributed by atoms with Crippen LogP contribution in [0.15, 0.2) is 0 Å². The van der Waals surface area contributed by atoms with Crippen LogP contribution >= 0.6 is 0 Å². The summed E-state index contributed by atoms with van der Waals surface area (Å²) in [5.41, 5.74) is -1.14. The first kappa shape index (κ1) is 16.7. The molecule has 114 valence electrons. The molecule has 0 atom stereocenters. The second-order valence-electron chi connectivity index (χ2n) is 5.27. The topological polar surface area (TPSA) is 108 Å². The third-order valence-corrected chi connectivity index (χ3v) is 4.16. The highest BCUT2D eigenvalue weighted by Gasteiger charge is 2.36. The van der Waals surface area contributed by atoms with Gasteiger partial charge in [0.2, 0.25) is 0 Å². The second kappa shape index (κ2) is 6.90. The standard InChI is InChI=1S/C12H21N3O4S/c1-10(2)19-11(16)14-20(17,18)15-12(9-13)7-5-3-4-6-8-12/h10,15H,3-8H2,1-2H3,(H,14,16). The Balaban J connectivity index is 2.72. The van der Waals surface area contributed by atoms with Crippen LogP contribution in [0.1, 0.15) is 52.4 Å². The van der Waals surface area contributed by atoms with Crippen LogP contribution in [-0.4, -0.2) is 26.2 Å². The van der Waals surface area contributed by atoms with Gasteiger partial charge in [0, 0.05) is 0 Å². The predicted octanol–water partition coefficient (Wildman–Crippen LogP) is 1.57. The third-order valence-electron chi connectivity index (χ3n) is 3.06. The maximum Gasteiger partial charge on any atom is 0.422 e. The molecule has 0 heterocycles. The van der Waals surface area contributed by atoms with E-state index in [0.29, 0.717) is 12.8 Å². The molecule has 0 aliphatic heterocycles. The number of rotatable bonds is 4. The number of carbonyl (C=O) groups is 1. The first-order chi connectivity index (χ1) is 9.29. The Morgan fingerprint density at radius 1 is 1.25 bits per heavy atom. The molecule has 0 radical (unpaired) electrons. The van der Waals surface area contributed by atoms with E-state index in [1.54, 1.807) is 18.6 Å². The molecule has 0 unspecified atom stereocenters. The molecular weight excluding hydrogens is 282 g/mol. The minimum atomic E-state index is -4.11. The van der Waals surface area contributed by atoms with Gasteiger partial charge < -0.3 is 4.74 Å². The van der Waals surface area contributed by atoms with Crippen molar-refractivity contribution in [3.8, 4) is 6.07 Å². The third kappa shape index (κ3) is 5.35. The number of nitrogens with one attached hydrogen (secondary N) is 2. The molecule has 0 aromatic heterocycles. The van der Waals surface area contributed by atoms with Gasteiger partial charge in [0.25, 0.3) is 0 Å². The van der Waals surface area contributed by atoms with Crippen molar-refractivity contribution < 1.29 is 17.9 Å². The summed E-state index contributed by atoms with van der Waals surface area (Å²) in [6, 6.07) is 2.05. The van der Waals surface area contributed by atoms with Gasteiger partial charge in [-0.05, 0) is 26.7 Å². The van der Waals surface area contributed by atoms with Crippen LogP contribution < -0.4 is 9.44 Å². The maximum absolute atomic E-state index is 11.9. The fourth-order valence-corrected chi connectivity index (χ4v) is 3.28. The van der Waals surface area contributed by atoms with Gasteiger partial charge in [-0.1, -0.05) is 25.7 Å². The predicted molar refractivity (Wildman–Crippen MR) is 72.9 cm³/mol. The van der Waals surface area contributed by atoms with E-state index in [1.807, 2.05) is 6.07 Å². The second-order valence-corrected chi connectivity index (χ2v) is 6.68. The highest BCUT2D eigenvalue weighted by molar-refractivity contribution is 7.88. The van der Waals surface area contributed by atoms with Crippen molar-refractivity contribution in [2.45, 2.75) is 64.0 Å². The number of nitrogens with zero attached hydrogens (tertiary/aromatic N) is 1. The van der Waals surface area contributed by atoms with Gasteiger partial charge in [-0.3, -0.25) is 0 Å². The zero-order valence-corrected chi connectivity index (χ0v) is 12.6. The zero-order valence-electron chi connectivity index (χ0n) is 11.8. The van der Waals surface area contributed by atoms with Crippen LogP contribution in [0.4, 0.5) is 4.79 Å². The lowest BCUT2D eigenvalue weighted by Gasteiger charge is -2.25. The largest absolute Gasteiger partial charge is 0.446 e. The Bertz CT molecular complexity index is 473. The Kier molecular flexibility index (Phi) is 5.77. The number of hydrogen-bond acceptors (Lipinski definition) is 5. The summed E-state index contributed by atoms with van der Waals surface area (Å²) in [5, 5.41) is 9.29. The van der Waals surface area contributed by atoms with Gasteiger partial charge in [0.05, 0.1) is 12.2 Å². The van der Waals surface area contributed by atoms with Crippen molar-refractivity contribution in [2.24, 2.45) is 0 Å². The van der Waals surface area contributed by atoms with Crippen molar-refractivity contribution in [3.63, 3.8) is 0 Å². The van der Waals surface area contributed by atoms with Crippen LogP contribution in [0.3, 0.4) is 0 Å². The molecule has 1 aliphatic carbocycles. The van der Waals surface area contributed by atoms with E-state index in [-0.39, 0.29) is 0 Å². The molecule has 20 heavy (non-hydrogen) atoms. The average molecular weight is 303 g/mol. The summed E-state index contributed by atoms with van der Waals surface area (Å²) in [5.74, 6) is 0. The Labute approximate surface area is 119 Å². The van der Waals surface area contributed by atoms with Gasteiger partial charge in [-0.25, -0.2) is 9.52 Å². The van der Waals surface area contributed by atoms with E-state index in [2.05, 4.69) is 4.72 Å². The average Bonchev–Trinajstić information content (AvgIpc) is 2.52. The normalized spacial score (nSPS) is 18.9. The highest BCUT2D eigenvalue weighted by atomic mass is 32.2. The van der Waals surface area contributed by atoms with Gasteiger partial charge in [0.1, 0.15) is 5.54 Å². The minimum Gasteiger partial charge on any atom is -0.446 e. The van der Waals surface area contributed by atoms with Crippen LogP contribution in [-0.2, 0) is 14.9 Å². The molecule has 7 nitrogen and oxygen atoms in total. The summed E-state index contributed by atoms with van der Waals surface area (Å²) >= 11 is 0. The number of carbonyl (C=O) groups excluding carboxylic acids is 1. The number of hydrogen-bond donors (Lipinski definition) is 2. The van der Waals surface area contributed by atoms with E-state index in [9.17, 15) is 18.5 Å². The summed E-state index contributed by atoms with van der Waals surface area (Å²) in [7, 11) is -4.11. The molecule has 0 aromatic carbocycles. The lowest BCUT2D eigenvalue weighted by molar-refractivity contribution is 0.121. The molecule has 0 bridgehead atoms. The summed E-state index contributed by atoms with van der Waals surface area (Å²) in [4.78, 5) is 11.3. The first-order valence-electron chi connectivity index (χ1n) is 6.72. The number of amides is 1. The SMILES string of the molecule is CC(C)OC(=O)NS(=O)(=O)NC1(C#N)CCCCCC1. The quantitative estimate of drug-likeness (QED) is 0.766. The van der Waals surface area contributed by atoms with Crippen LogP contribution in [0.2, 0.25) is 0 Å². The molecular formula is C12H21N3O4S. The lowest BCUT2D eigenvalue weighted by Crippen LogP contribution is -2.52. The lowest BCUT2D eigenvalue weighted by atomic mass is 9.94. The van der Waals surface area contributed by atoms with Crippen molar-refractivity contribution in [1.29, 1.82) is 5.26 Å². The fraction of sp³-hybridized carbons (Fsp3) is 0.833. The smallest absolute Gasteiger partial charge is 0.422 e. The molecule has 1 rings (SSSR count). The summed E-state index contributed by atoms with van der Waals surface area (Å²) in [6.07, 6.45) is 2.95. The van der Waals surface area contributed by atoms with Crippen molar-refractivity contribution in [2.75, 3.05) is 0 Å². The Morgan fingerprint density at radius 2 is 1.80 bits per heavy atom. The Hall–Kier alpha value is -1.33. The van der Waals surface area contributed by atoms with E-state index in [4.69, 9.17) is 4.74 Å². The highest BCUT2D eigenvalue weighted by Crippen LogP contribution is 2.27. The molecule has 8 heteroatoms. The van der Waals surface area contributed by atoms with Gasteiger partial charge >= 0.3 is 16.3 Å². The molecule has 0 aromatic rings. The van der Waals surface area contributed by atoms with Gasteiger partial charge in [0.15, 0.2) is 0 Å². The summed E-state index contributed by atoms with van der Waals surface area (Å²) < 4.78 is 32.6. The Morgan fingerprint density at radius 3 is 2.25 bits per heavy atom. The monoisotopic (exact) mass is 303 g/mol. The number of ether oxygens (including phenoxy) is 1. The molecule has 1 aliphatic rings. The fourth-order valence-electron chi connectivity index (χ4n) is 2.20. The molecule has 1 amide bonds. The maximum atomic E-state index is 11.9. The molecule has 1 saturated carbocycles. The van der Waals surface area contributed by atoms with Crippen molar-refractivity contribution >= 4 is 16.3 Å². The minimum absolute atomic E-state index is 0.423. The van der Waals surface area contributed by atoms with Crippen LogP contribution in [0.5, 0.6) is 0 Å². The van der Waals surface area contributed by atoms with E-state index in [1.165, 1.54) is 0 Å². The first-order valence-corrected chi connectivity index (χ1v) is 8.20. The van der Waals surface area contributed by atoms with Gasteiger partial charge in [-0.2, -0.15) is 18.4 Å². The van der Waals surface area contributed by atoms with Crippen LogP contribution in [0.25, 0.3) is 0 Å². The number of nitriles is 1. The van der Waals surface area contributed by atoms with E-state index in [0.717, 1.165) is 25.7 Å². The zero-order chi connectivity index (χ0) is 15.2. The molecule has 1 fully saturated rings. The van der Waals surface area contributed by atoms with E-state index < -0.39 is 27.9 Å². The summed E-state index contributed by atoms with van der Waals surface area (Å²) in [6.45, 7) is 3.23.